The number of aromatic nitrogens is 2. The van der Waals surface area contributed by atoms with Crippen molar-refractivity contribution in [3.8, 4) is 0 Å². The van der Waals surface area contributed by atoms with Crippen LogP contribution in [0, 0.1) is 17.8 Å². The van der Waals surface area contributed by atoms with Gasteiger partial charge < -0.3 is 20.2 Å². The highest BCUT2D eigenvalue weighted by Gasteiger charge is 2.55. The zero-order chi connectivity index (χ0) is 26.8. The molecule has 1 aliphatic heterocycles. The van der Waals surface area contributed by atoms with E-state index < -0.39 is 15.4 Å². The van der Waals surface area contributed by atoms with Crippen molar-refractivity contribution in [2.45, 2.75) is 61.6 Å². The van der Waals surface area contributed by atoms with Crippen molar-refractivity contribution in [3.63, 3.8) is 0 Å². The van der Waals surface area contributed by atoms with E-state index in [9.17, 15) is 18.3 Å². The number of anilines is 2. The lowest BCUT2D eigenvalue weighted by Crippen LogP contribution is -2.61. The number of carbonyl (C=O) groups is 1. The third-order valence-corrected chi connectivity index (χ3v) is 10.4. The zero-order valence-electron chi connectivity index (χ0n) is 21.7. The first-order chi connectivity index (χ1) is 18.0. The van der Waals surface area contributed by atoms with E-state index in [1.165, 1.54) is 12.3 Å². The number of piperazine rings is 1. The fourth-order valence-electron chi connectivity index (χ4n) is 7.50. The number of carbonyl (C=O) groups excluding carboxylic acids is 1. The van der Waals surface area contributed by atoms with E-state index in [1.807, 2.05) is 0 Å². The van der Waals surface area contributed by atoms with Crippen LogP contribution >= 0.6 is 11.6 Å². The molecule has 9 nitrogen and oxygen atoms in total. The lowest BCUT2D eigenvalue weighted by molar-refractivity contribution is -0.136. The van der Waals surface area contributed by atoms with Gasteiger partial charge >= 0.3 is 0 Å². The van der Waals surface area contributed by atoms with E-state index in [0.717, 1.165) is 37.8 Å². The summed E-state index contributed by atoms with van der Waals surface area (Å²) in [5.41, 5.74) is 0.620. The maximum Gasteiger partial charge on any atom is 0.270 e. The number of benzene rings is 1. The molecule has 3 atom stereocenters. The van der Waals surface area contributed by atoms with Crippen LogP contribution in [0.15, 0.2) is 35.4 Å². The van der Waals surface area contributed by atoms with Crippen LogP contribution in [0.4, 0.5) is 11.6 Å². The lowest BCUT2D eigenvalue weighted by atomic mass is 9.52. The van der Waals surface area contributed by atoms with Crippen molar-refractivity contribution >= 4 is 39.0 Å². The van der Waals surface area contributed by atoms with Gasteiger partial charge in [-0.2, -0.15) is 0 Å². The smallest absolute Gasteiger partial charge is 0.270 e. The summed E-state index contributed by atoms with van der Waals surface area (Å²) < 4.78 is 23.7. The van der Waals surface area contributed by atoms with Crippen LogP contribution < -0.4 is 15.1 Å². The van der Waals surface area contributed by atoms with Crippen molar-refractivity contribution < 1.29 is 18.3 Å². The fraction of sp³-hybridized carbons (Fsp3) is 0.593. The van der Waals surface area contributed by atoms with Crippen molar-refractivity contribution in [2.24, 2.45) is 17.8 Å². The fourth-order valence-corrected chi connectivity index (χ4v) is 8.52. The Hall–Kier alpha value is -2.43. The van der Waals surface area contributed by atoms with Crippen molar-refractivity contribution in [1.82, 2.24) is 15.3 Å². The van der Waals surface area contributed by atoms with Crippen molar-refractivity contribution in [2.75, 3.05) is 35.7 Å². The van der Waals surface area contributed by atoms with Gasteiger partial charge in [-0.1, -0.05) is 11.6 Å². The van der Waals surface area contributed by atoms with E-state index in [0.29, 0.717) is 54.1 Å². The Morgan fingerprint density at radius 3 is 2.53 bits per heavy atom. The monoisotopic (exact) mass is 559 g/mol. The number of amides is 1. The summed E-state index contributed by atoms with van der Waals surface area (Å²) in [4.78, 5) is 26.8. The van der Waals surface area contributed by atoms with Crippen LogP contribution in [0.5, 0.6) is 0 Å². The van der Waals surface area contributed by atoms with Crippen molar-refractivity contribution in [1.29, 1.82) is 0 Å². The molecule has 4 saturated carbocycles. The molecule has 2 unspecified atom stereocenters. The van der Waals surface area contributed by atoms with Gasteiger partial charge in [-0.3, -0.25) is 4.79 Å². The number of nitrogens with zero attached hydrogens (tertiary/aromatic N) is 4. The van der Waals surface area contributed by atoms with Crippen LogP contribution in [0.2, 0.25) is 5.02 Å². The molecule has 0 spiro atoms. The lowest BCUT2D eigenvalue weighted by Gasteiger charge is -2.58. The molecule has 2 heterocycles. The second-order valence-electron chi connectivity index (χ2n) is 11.8. The van der Waals surface area contributed by atoms with Crippen molar-refractivity contribution in [3.05, 3.63) is 41.2 Å². The number of nitrogens with one attached hydrogen (secondary N) is 1. The molecule has 1 amide bonds. The molecule has 2 N–H and O–H groups in total. The van der Waals surface area contributed by atoms with Gasteiger partial charge in [0.05, 0.1) is 21.2 Å². The Bertz CT molecular complexity index is 1350. The Kier molecular flexibility index (Phi) is 6.35. The largest absolute Gasteiger partial charge is 0.390 e. The maximum absolute atomic E-state index is 13.3. The van der Waals surface area contributed by atoms with E-state index in [1.54, 1.807) is 24.4 Å². The number of aliphatic hydroxyl groups is 1. The summed E-state index contributed by atoms with van der Waals surface area (Å²) in [6.45, 7) is 3.99. The first-order valence-corrected chi connectivity index (χ1v) is 15.6. The minimum absolute atomic E-state index is 0.0397. The molecule has 204 valence electrons. The van der Waals surface area contributed by atoms with Crippen LogP contribution in [-0.4, -0.2) is 73.0 Å². The molecule has 4 bridgehead atoms. The topological polar surface area (TPSA) is 116 Å². The van der Waals surface area contributed by atoms with Gasteiger partial charge in [0.15, 0.2) is 9.84 Å². The van der Waals surface area contributed by atoms with Gasteiger partial charge in [-0.05, 0) is 81.0 Å². The highest BCUT2D eigenvalue weighted by molar-refractivity contribution is 7.90. The standard InChI is InChI=1S/C27H34ClN5O4S/c1-16-15-32(23-4-3-20(11-21(23)28)38(2,36)37)7-8-33(16)26-29-6-5-22(30-26)25(34)31-24-18-9-17-10-19(24)14-27(35,12-17)13-18/h3-6,11,16-19,24,35H,7-10,12-15H2,1-2H3,(H,31,34)/t16-,17?,18?,19?,24?,27?/m1/s1. The summed E-state index contributed by atoms with van der Waals surface area (Å²) >= 11 is 6.46. The third-order valence-electron chi connectivity index (χ3n) is 8.99. The van der Waals surface area contributed by atoms with E-state index in [-0.39, 0.29) is 22.9 Å². The molecular weight excluding hydrogens is 526 g/mol. The molecule has 38 heavy (non-hydrogen) atoms. The van der Waals surface area contributed by atoms with Crippen LogP contribution in [-0.2, 0) is 9.84 Å². The van der Waals surface area contributed by atoms with Gasteiger partial charge in [0.1, 0.15) is 5.69 Å². The number of hydrogen-bond donors (Lipinski definition) is 2. The Morgan fingerprint density at radius 1 is 1.16 bits per heavy atom. The van der Waals surface area contributed by atoms with Gasteiger partial charge in [-0.15, -0.1) is 0 Å². The van der Waals surface area contributed by atoms with E-state index in [2.05, 4.69) is 32.0 Å². The van der Waals surface area contributed by atoms with Crippen LogP contribution in [0.1, 0.15) is 49.5 Å². The predicted octanol–water partition coefficient (Wildman–Crippen LogP) is 2.92. The quantitative estimate of drug-likeness (QED) is 0.574. The molecule has 0 radical (unpaired) electrons. The number of sulfone groups is 1. The average Bonchev–Trinajstić information content (AvgIpc) is 2.84. The molecule has 2 aromatic rings. The van der Waals surface area contributed by atoms with Gasteiger partial charge in [-0.25, -0.2) is 18.4 Å². The molecule has 7 rings (SSSR count). The van der Waals surface area contributed by atoms with Crippen LogP contribution in [0.25, 0.3) is 0 Å². The Balaban J connectivity index is 1.13. The normalized spacial score (nSPS) is 32.5. The average molecular weight is 560 g/mol. The summed E-state index contributed by atoms with van der Waals surface area (Å²) in [6, 6.07) is 6.63. The summed E-state index contributed by atoms with van der Waals surface area (Å²) in [6.07, 6.45) is 7.45. The third kappa shape index (κ3) is 4.75. The predicted molar refractivity (Wildman–Crippen MR) is 145 cm³/mol. The van der Waals surface area contributed by atoms with Crippen LogP contribution in [0.3, 0.4) is 0 Å². The molecular formula is C27H34ClN5O4S. The molecule has 5 aliphatic rings. The second-order valence-corrected chi connectivity index (χ2v) is 14.2. The second kappa shape index (κ2) is 9.34. The molecule has 1 aromatic heterocycles. The Morgan fingerprint density at radius 2 is 1.89 bits per heavy atom. The summed E-state index contributed by atoms with van der Waals surface area (Å²) in [7, 11) is -3.33. The number of hydrogen-bond acceptors (Lipinski definition) is 8. The maximum atomic E-state index is 13.3. The molecule has 5 fully saturated rings. The number of rotatable bonds is 5. The van der Waals surface area contributed by atoms with Gasteiger partial charge in [0.2, 0.25) is 5.95 Å². The Labute approximate surface area is 228 Å². The highest BCUT2D eigenvalue weighted by Crippen LogP contribution is 2.55. The number of halogens is 1. The first kappa shape index (κ1) is 25.8. The van der Waals surface area contributed by atoms with E-state index in [4.69, 9.17) is 11.6 Å². The zero-order valence-corrected chi connectivity index (χ0v) is 23.2. The molecule has 4 aliphatic carbocycles. The van der Waals surface area contributed by atoms with Gasteiger partial charge in [0, 0.05) is 44.2 Å². The van der Waals surface area contributed by atoms with E-state index >= 15 is 0 Å². The molecule has 1 saturated heterocycles. The summed E-state index contributed by atoms with van der Waals surface area (Å²) in [5.74, 6) is 1.60. The highest BCUT2D eigenvalue weighted by atomic mass is 35.5. The SMILES string of the molecule is C[C@@H]1CN(c2ccc(S(C)(=O)=O)cc2Cl)CCN1c1nccc(C(=O)NC2C3CC4CC2CC(O)(C4)C3)n1. The van der Waals surface area contributed by atoms with Gasteiger partial charge in [0.25, 0.3) is 5.91 Å². The molecule has 1 aromatic carbocycles. The minimum Gasteiger partial charge on any atom is -0.390 e. The summed E-state index contributed by atoms with van der Waals surface area (Å²) in [5, 5.41) is 14.5. The first-order valence-electron chi connectivity index (χ1n) is 13.4. The molecule has 11 heteroatoms. The minimum atomic E-state index is -3.33.